The molecule has 2 saturated carbocycles. The number of rotatable bonds is 9. The third-order valence-electron chi connectivity index (χ3n) is 7.26. The molecule has 3 aromatic rings. The van der Waals surface area contributed by atoms with Gasteiger partial charge in [-0.15, -0.1) is 0 Å². The molecule has 0 radical (unpaired) electrons. The second kappa shape index (κ2) is 11.4. The molecule has 2 aliphatic rings. The monoisotopic (exact) mass is 604 g/mol. The third-order valence-corrected chi connectivity index (χ3v) is 7.89. The Kier molecular flexibility index (Phi) is 8.03. The number of hydrogen-bond donors (Lipinski definition) is 1. The molecule has 2 N–H and O–H groups in total. The van der Waals surface area contributed by atoms with Crippen molar-refractivity contribution in [2.24, 2.45) is 11.7 Å². The number of ether oxygens (including phenoxy) is 2. The maximum Gasteiger partial charge on any atom is 0.433 e. The van der Waals surface area contributed by atoms with E-state index >= 15 is 0 Å². The fourth-order valence-electron chi connectivity index (χ4n) is 4.91. The predicted molar refractivity (Wildman–Crippen MR) is 148 cm³/mol. The van der Waals surface area contributed by atoms with Gasteiger partial charge in [0.2, 0.25) is 5.88 Å². The highest BCUT2D eigenvalue weighted by molar-refractivity contribution is 6.37. The number of esters is 1. The molecule has 0 amide bonds. The lowest BCUT2D eigenvalue weighted by molar-refractivity contribution is -0.142. The molecule has 2 aliphatic carbocycles. The summed E-state index contributed by atoms with van der Waals surface area (Å²) < 4.78 is 52.8. The van der Waals surface area contributed by atoms with E-state index in [1.165, 1.54) is 19.2 Å². The number of methoxy groups -OCH3 is 1. The molecule has 2 atom stereocenters. The first-order chi connectivity index (χ1) is 19.5. The number of nitrogens with two attached hydrogens (primary N) is 1. The molecule has 2 unspecified atom stereocenters. The molecule has 2 aromatic carbocycles. The second-order valence-electron chi connectivity index (χ2n) is 10.1. The van der Waals surface area contributed by atoms with Crippen LogP contribution in [0.2, 0.25) is 10.0 Å². The summed E-state index contributed by atoms with van der Waals surface area (Å²) >= 11 is 12.6. The molecule has 2 fully saturated rings. The average Bonchev–Trinajstić information content (AvgIpc) is 3.86. The highest BCUT2D eigenvalue weighted by atomic mass is 35.5. The Morgan fingerprint density at radius 1 is 1.02 bits per heavy atom. The Morgan fingerprint density at radius 3 is 2.34 bits per heavy atom. The summed E-state index contributed by atoms with van der Waals surface area (Å²) in [5.74, 6) is -1.97. The quantitative estimate of drug-likeness (QED) is 0.205. The summed E-state index contributed by atoms with van der Waals surface area (Å²) in [4.78, 5) is 28.8. The maximum atomic E-state index is 14.1. The summed E-state index contributed by atoms with van der Waals surface area (Å²) in [6.07, 6.45) is -2.92. The molecule has 1 aromatic heterocycles. The fourth-order valence-corrected chi connectivity index (χ4v) is 5.51. The Morgan fingerprint density at radius 2 is 1.71 bits per heavy atom. The molecule has 11 heteroatoms. The minimum absolute atomic E-state index is 0.0140. The van der Waals surface area contributed by atoms with Gasteiger partial charge in [-0.2, -0.15) is 13.2 Å². The highest BCUT2D eigenvalue weighted by Gasteiger charge is 2.46. The molecular formula is C30H25Cl2F3N2O4. The number of pyridine rings is 1. The lowest BCUT2D eigenvalue weighted by atomic mass is 10.0. The maximum absolute atomic E-state index is 14.1. The van der Waals surface area contributed by atoms with Crippen molar-refractivity contribution in [3.05, 3.63) is 98.2 Å². The smallest absolute Gasteiger partial charge is 0.433 e. The Bertz CT molecular complexity index is 1530. The molecule has 0 aliphatic heterocycles. The first-order valence-corrected chi connectivity index (χ1v) is 13.6. The van der Waals surface area contributed by atoms with E-state index in [1.54, 1.807) is 42.5 Å². The molecule has 6 nitrogen and oxygen atoms in total. The molecule has 0 spiro atoms. The third kappa shape index (κ3) is 6.21. The Hall–Kier alpha value is -3.56. The number of aromatic nitrogens is 1. The Labute approximate surface area is 244 Å². The van der Waals surface area contributed by atoms with Gasteiger partial charge in [-0.25, -0.2) is 9.78 Å². The number of carbonyl (C=O) groups excluding carboxylic acids is 2. The van der Waals surface area contributed by atoms with Crippen molar-refractivity contribution in [2.45, 2.75) is 37.3 Å². The van der Waals surface area contributed by atoms with Crippen molar-refractivity contribution >= 4 is 40.7 Å². The minimum Gasteiger partial charge on any atom is -0.473 e. The normalized spacial score (nSPS) is 18.9. The molecule has 214 valence electrons. The number of hydrogen-bond acceptors (Lipinski definition) is 6. The van der Waals surface area contributed by atoms with E-state index in [1.807, 2.05) is 0 Å². The lowest BCUT2D eigenvalue weighted by Crippen LogP contribution is -2.19. The van der Waals surface area contributed by atoms with Crippen molar-refractivity contribution in [1.29, 1.82) is 0 Å². The van der Waals surface area contributed by atoms with Gasteiger partial charge in [0.1, 0.15) is 6.61 Å². The van der Waals surface area contributed by atoms with Crippen LogP contribution < -0.4 is 10.5 Å². The van der Waals surface area contributed by atoms with E-state index in [9.17, 15) is 22.8 Å². The van der Waals surface area contributed by atoms with Gasteiger partial charge in [0.15, 0.2) is 11.5 Å². The van der Waals surface area contributed by atoms with Crippen LogP contribution in [0.25, 0.3) is 5.70 Å². The van der Waals surface area contributed by atoms with Crippen molar-refractivity contribution in [3.63, 3.8) is 0 Å². The predicted octanol–water partition coefficient (Wildman–Crippen LogP) is 7.19. The molecular weight excluding hydrogens is 580 g/mol. The van der Waals surface area contributed by atoms with E-state index in [4.69, 9.17) is 38.4 Å². The topological polar surface area (TPSA) is 91.5 Å². The van der Waals surface area contributed by atoms with Gasteiger partial charge in [0.25, 0.3) is 0 Å². The van der Waals surface area contributed by atoms with Gasteiger partial charge < -0.3 is 15.2 Å². The fraction of sp³-hybridized carbons (Fsp3) is 0.300. The lowest BCUT2D eigenvalue weighted by Gasteiger charge is -2.16. The van der Waals surface area contributed by atoms with Crippen molar-refractivity contribution in [3.8, 4) is 5.88 Å². The van der Waals surface area contributed by atoms with Gasteiger partial charge in [-0.05, 0) is 66.5 Å². The van der Waals surface area contributed by atoms with E-state index in [2.05, 4.69) is 4.98 Å². The SMILES string of the molecule is COC(=O)c1cccc(C2CC2c2ccc(OCC(C(=O)C3CC3)=C(N)c3c(Cl)cccc3Cl)nc2C(F)(F)F)c1. The number of nitrogens with zero attached hydrogens (tertiary/aromatic N) is 1. The summed E-state index contributed by atoms with van der Waals surface area (Å²) in [5, 5.41) is 0.461. The van der Waals surface area contributed by atoms with Crippen LogP contribution in [-0.2, 0) is 15.7 Å². The molecule has 0 saturated heterocycles. The first kappa shape index (κ1) is 29.0. The number of halogens is 5. The second-order valence-corrected chi connectivity index (χ2v) is 10.9. The largest absolute Gasteiger partial charge is 0.473 e. The zero-order valence-corrected chi connectivity index (χ0v) is 23.3. The van der Waals surface area contributed by atoms with Crippen molar-refractivity contribution < 1.29 is 32.2 Å². The van der Waals surface area contributed by atoms with Crippen LogP contribution in [0.15, 0.2) is 60.2 Å². The van der Waals surface area contributed by atoms with Crippen LogP contribution in [0.4, 0.5) is 13.2 Å². The standard InChI is InChI=1S/C30H25Cl2F3N2O4/c1-40-29(39)17-5-2-4-16(12-17)19-13-20(19)18-10-11-24(37-28(18)30(33,34)35)41-14-21(27(38)15-8-9-15)26(36)25-22(31)6-3-7-23(25)32/h2-7,10-12,15,19-20H,8-9,13-14,36H2,1H3. The van der Waals surface area contributed by atoms with E-state index < -0.39 is 30.4 Å². The van der Waals surface area contributed by atoms with Gasteiger partial charge in [0.05, 0.1) is 34.0 Å². The van der Waals surface area contributed by atoms with Gasteiger partial charge >= 0.3 is 12.1 Å². The number of alkyl halides is 3. The van der Waals surface area contributed by atoms with E-state index in [-0.39, 0.29) is 55.9 Å². The van der Waals surface area contributed by atoms with Gasteiger partial charge in [0, 0.05) is 17.5 Å². The number of benzene rings is 2. The summed E-state index contributed by atoms with van der Waals surface area (Å²) in [5.41, 5.74) is 6.73. The number of ketones is 1. The molecule has 0 bridgehead atoms. The van der Waals surface area contributed by atoms with E-state index in [0.29, 0.717) is 24.8 Å². The zero-order chi connectivity index (χ0) is 29.5. The summed E-state index contributed by atoms with van der Waals surface area (Å²) in [6, 6.07) is 14.1. The Balaban J connectivity index is 1.41. The van der Waals surface area contributed by atoms with Crippen LogP contribution in [0.3, 0.4) is 0 Å². The van der Waals surface area contributed by atoms with Crippen LogP contribution in [0, 0.1) is 5.92 Å². The van der Waals surface area contributed by atoms with Crippen LogP contribution in [0.5, 0.6) is 5.88 Å². The number of carbonyl (C=O) groups is 2. The van der Waals surface area contributed by atoms with Crippen LogP contribution >= 0.6 is 23.2 Å². The summed E-state index contributed by atoms with van der Waals surface area (Å²) in [6.45, 7) is -0.404. The summed E-state index contributed by atoms with van der Waals surface area (Å²) in [7, 11) is 1.26. The number of Topliss-reactive ketones (excluding diaryl/α,β-unsaturated/α-hetero) is 1. The first-order valence-electron chi connectivity index (χ1n) is 12.9. The molecule has 1 heterocycles. The van der Waals surface area contributed by atoms with Crippen molar-refractivity contribution in [1.82, 2.24) is 4.98 Å². The molecule has 5 rings (SSSR count). The van der Waals surface area contributed by atoms with Gasteiger partial charge in [-0.3, -0.25) is 4.79 Å². The average molecular weight is 605 g/mol. The van der Waals surface area contributed by atoms with Crippen LogP contribution in [0.1, 0.15) is 63.8 Å². The zero-order valence-electron chi connectivity index (χ0n) is 21.8. The molecule has 41 heavy (non-hydrogen) atoms. The van der Waals surface area contributed by atoms with E-state index in [0.717, 1.165) is 5.56 Å². The highest BCUT2D eigenvalue weighted by Crippen LogP contribution is 2.56. The van der Waals surface area contributed by atoms with Crippen LogP contribution in [-0.4, -0.2) is 30.5 Å². The minimum atomic E-state index is -4.75. The van der Waals surface area contributed by atoms with Crippen molar-refractivity contribution in [2.75, 3.05) is 13.7 Å². The van der Waals surface area contributed by atoms with Gasteiger partial charge in [-0.1, -0.05) is 47.5 Å².